The van der Waals surface area contributed by atoms with E-state index in [1.54, 1.807) is 0 Å². The molecule has 1 atom stereocenters. The van der Waals surface area contributed by atoms with E-state index < -0.39 is 11.7 Å². The van der Waals surface area contributed by atoms with E-state index in [4.69, 9.17) is 17.3 Å². The summed E-state index contributed by atoms with van der Waals surface area (Å²) in [6.07, 6.45) is -3.83. The minimum absolute atomic E-state index is 0.261. The van der Waals surface area contributed by atoms with Crippen molar-refractivity contribution in [2.75, 3.05) is 0 Å². The van der Waals surface area contributed by atoms with Crippen LogP contribution in [0.5, 0.6) is 0 Å². The highest BCUT2D eigenvalue weighted by Gasteiger charge is 2.29. The van der Waals surface area contributed by atoms with Gasteiger partial charge in [-0.15, -0.1) is 11.3 Å². The van der Waals surface area contributed by atoms with E-state index in [0.717, 1.165) is 28.1 Å². The van der Waals surface area contributed by atoms with Crippen LogP contribution in [0.25, 0.3) is 0 Å². The molecule has 0 spiro atoms. The summed E-state index contributed by atoms with van der Waals surface area (Å²) in [7, 11) is 0. The molecule has 0 bridgehead atoms. The number of hydrogen-bond donors (Lipinski definition) is 1. The standard InChI is InChI=1S/C14H13ClF3NS/c1-8-6-12(20-13(8)15)11(19)7-9-2-4-10(5-3-9)14(16,17)18/h2-6,11H,7,19H2,1H3. The SMILES string of the molecule is Cc1cc(C(N)Cc2ccc(C(F)(F)F)cc2)sc1Cl. The molecule has 0 aliphatic rings. The van der Waals surface area contributed by atoms with Gasteiger partial charge in [0.1, 0.15) is 0 Å². The van der Waals surface area contributed by atoms with Gasteiger partial charge in [-0.3, -0.25) is 0 Å². The van der Waals surface area contributed by atoms with Crippen LogP contribution in [-0.2, 0) is 12.6 Å². The number of aryl methyl sites for hydroxylation is 1. The molecule has 0 amide bonds. The van der Waals surface area contributed by atoms with Crippen molar-refractivity contribution in [3.8, 4) is 0 Å². The highest BCUT2D eigenvalue weighted by atomic mass is 35.5. The summed E-state index contributed by atoms with van der Waals surface area (Å²) in [4.78, 5) is 0.937. The lowest BCUT2D eigenvalue weighted by Gasteiger charge is -2.11. The van der Waals surface area contributed by atoms with E-state index in [-0.39, 0.29) is 6.04 Å². The van der Waals surface area contributed by atoms with Crippen LogP contribution in [0.4, 0.5) is 13.2 Å². The first kappa shape index (κ1) is 15.4. The average Bonchev–Trinajstić information content (AvgIpc) is 2.69. The summed E-state index contributed by atoms with van der Waals surface area (Å²) in [6, 6.07) is 6.74. The molecule has 0 saturated carbocycles. The molecule has 1 nitrogen and oxygen atoms in total. The van der Waals surface area contributed by atoms with Crippen molar-refractivity contribution in [1.82, 2.24) is 0 Å². The topological polar surface area (TPSA) is 26.0 Å². The Labute approximate surface area is 124 Å². The third-order valence-electron chi connectivity index (χ3n) is 2.98. The summed E-state index contributed by atoms with van der Waals surface area (Å²) >= 11 is 7.39. The normalized spacial score (nSPS) is 13.5. The van der Waals surface area contributed by atoms with Gasteiger partial charge in [0.25, 0.3) is 0 Å². The molecule has 1 unspecified atom stereocenters. The molecular formula is C14H13ClF3NS. The Kier molecular flexibility index (Phi) is 4.42. The predicted molar refractivity (Wildman–Crippen MR) is 76.1 cm³/mol. The van der Waals surface area contributed by atoms with Gasteiger partial charge >= 0.3 is 6.18 Å². The Hall–Kier alpha value is -1.04. The van der Waals surface area contributed by atoms with Crippen LogP contribution in [0.15, 0.2) is 30.3 Å². The Balaban J connectivity index is 2.10. The highest BCUT2D eigenvalue weighted by molar-refractivity contribution is 7.16. The minimum atomic E-state index is -4.31. The van der Waals surface area contributed by atoms with Crippen molar-refractivity contribution in [2.45, 2.75) is 25.6 Å². The Morgan fingerprint density at radius 1 is 1.25 bits per heavy atom. The second kappa shape index (κ2) is 5.76. The van der Waals surface area contributed by atoms with E-state index in [9.17, 15) is 13.2 Å². The third-order valence-corrected chi connectivity index (χ3v) is 4.67. The first-order chi connectivity index (χ1) is 9.27. The number of alkyl halides is 3. The summed E-state index contributed by atoms with van der Waals surface area (Å²) in [5, 5.41) is 0. The first-order valence-corrected chi connectivity index (χ1v) is 7.14. The summed E-state index contributed by atoms with van der Waals surface area (Å²) in [6.45, 7) is 1.90. The van der Waals surface area contributed by atoms with Gasteiger partial charge in [0.2, 0.25) is 0 Å². The van der Waals surface area contributed by atoms with E-state index in [2.05, 4.69) is 0 Å². The largest absolute Gasteiger partial charge is 0.416 e. The molecule has 0 saturated heterocycles. The van der Waals surface area contributed by atoms with Gasteiger partial charge in [-0.2, -0.15) is 13.2 Å². The van der Waals surface area contributed by atoms with Gasteiger partial charge in [-0.05, 0) is 42.7 Å². The molecule has 2 rings (SSSR count). The zero-order chi connectivity index (χ0) is 14.9. The number of benzene rings is 1. The van der Waals surface area contributed by atoms with Crippen molar-refractivity contribution in [3.05, 3.63) is 56.2 Å². The number of thiophene rings is 1. The lowest BCUT2D eigenvalue weighted by Crippen LogP contribution is -2.12. The van der Waals surface area contributed by atoms with Gasteiger partial charge < -0.3 is 5.73 Å². The quantitative estimate of drug-likeness (QED) is 0.849. The van der Waals surface area contributed by atoms with Crippen LogP contribution in [-0.4, -0.2) is 0 Å². The lowest BCUT2D eigenvalue weighted by atomic mass is 10.0. The molecule has 0 fully saturated rings. The van der Waals surface area contributed by atoms with Crippen LogP contribution in [0.1, 0.15) is 27.6 Å². The van der Waals surface area contributed by atoms with E-state index in [0.29, 0.717) is 10.8 Å². The Morgan fingerprint density at radius 3 is 2.30 bits per heavy atom. The maximum Gasteiger partial charge on any atom is 0.416 e. The first-order valence-electron chi connectivity index (χ1n) is 5.95. The van der Waals surface area contributed by atoms with Crippen LogP contribution in [0.2, 0.25) is 4.34 Å². The molecule has 0 aliphatic carbocycles. The zero-order valence-electron chi connectivity index (χ0n) is 10.7. The van der Waals surface area contributed by atoms with Gasteiger partial charge in [-0.25, -0.2) is 0 Å². The fourth-order valence-electron chi connectivity index (χ4n) is 1.85. The highest BCUT2D eigenvalue weighted by Crippen LogP contribution is 2.32. The van der Waals surface area contributed by atoms with Gasteiger partial charge in [0.05, 0.1) is 9.90 Å². The molecule has 108 valence electrons. The second-order valence-corrected chi connectivity index (χ2v) is 6.30. The molecule has 2 N–H and O–H groups in total. The molecule has 6 heteroatoms. The monoisotopic (exact) mass is 319 g/mol. The van der Waals surface area contributed by atoms with Crippen molar-refractivity contribution in [1.29, 1.82) is 0 Å². The Bertz CT molecular complexity index is 570. The number of rotatable bonds is 3. The average molecular weight is 320 g/mol. The summed E-state index contributed by atoms with van der Waals surface area (Å²) in [5.74, 6) is 0. The second-order valence-electron chi connectivity index (χ2n) is 4.61. The predicted octanol–water partition coefficient (Wildman–Crippen LogP) is 4.97. The number of halogens is 4. The van der Waals surface area contributed by atoms with E-state index in [1.807, 2.05) is 13.0 Å². The maximum absolute atomic E-state index is 12.5. The van der Waals surface area contributed by atoms with Gasteiger partial charge in [0, 0.05) is 10.9 Å². The number of nitrogens with two attached hydrogens (primary N) is 1. The molecule has 1 heterocycles. The smallest absolute Gasteiger partial charge is 0.323 e. The van der Waals surface area contributed by atoms with E-state index in [1.165, 1.54) is 23.5 Å². The summed E-state index contributed by atoms with van der Waals surface area (Å²) in [5.41, 5.74) is 7.15. The minimum Gasteiger partial charge on any atom is -0.323 e. The molecule has 2 aromatic rings. The van der Waals surface area contributed by atoms with E-state index >= 15 is 0 Å². The van der Waals surface area contributed by atoms with Crippen LogP contribution in [0.3, 0.4) is 0 Å². The molecular weight excluding hydrogens is 307 g/mol. The fourth-order valence-corrected chi connectivity index (χ4v) is 3.07. The molecule has 1 aromatic carbocycles. The van der Waals surface area contributed by atoms with Crippen molar-refractivity contribution < 1.29 is 13.2 Å². The van der Waals surface area contributed by atoms with Crippen molar-refractivity contribution in [2.24, 2.45) is 5.73 Å². The van der Waals surface area contributed by atoms with Crippen molar-refractivity contribution >= 4 is 22.9 Å². The molecule has 0 aliphatic heterocycles. The maximum atomic E-state index is 12.5. The Morgan fingerprint density at radius 2 is 1.85 bits per heavy atom. The fraction of sp³-hybridized carbons (Fsp3) is 0.286. The molecule has 20 heavy (non-hydrogen) atoms. The summed E-state index contributed by atoms with van der Waals surface area (Å²) < 4.78 is 38.1. The van der Waals surface area contributed by atoms with Crippen LogP contribution in [0, 0.1) is 6.92 Å². The number of hydrogen-bond acceptors (Lipinski definition) is 2. The van der Waals surface area contributed by atoms with Crippen molar-refractivity contribution in [3.63, 3.8) is 0 Å². The van der Waals surface area contributed by atoms with Gasteiger partial charge in [-0.1, -0.05) is 23.7 Å². The zero-order valence-corrected chi connectivity index (χ0v) is 12.2. The van der Waals surface area contributed by atoms with Gasteiger partial charge in [0.15, 0.2) is 0 Å². The van der Waals surface area contributed by atoms with Crippen LogP contribution >= 0.6 is 22.9 Å². The molecule has 1 aromatic heterocycles. The third kappa shape index (κ3) is 3.53. The lowest BCUT2D eigenvalue weighted by molar-refractivity contribution is -0.137. The molecule has 0 radical (unpaired) electrons. The van der Waals surface area contributed by atoms with Crippen LogP contribution < -0.4 is 5.73 Å².